The maximum atomic E-state index is 13.2. The number of rotatable bonds is 4. The van der Waals surface area contributed by atoms with Gasteiger partial charge in [0.2, 0.25) is 5.91 Å². The summed E-state index contributed by atoms with van der Waals surface area (Å²) in [6, 6.07) is -1.16. The topological polar surface area (TPSA) is 96.3 Å². The minimum Gasteiger partial charge on any atom is -0.354 e. The number of nitrogens with zero attached hydrogens (tertiary/aromatic N) is 3. The Morgan fingerprint density at radius 2 is 1.77 bits per heavy atom. The molecule has 1 aromatic rings. The first kappa shape index (κ1) is 20.5. The second-order valence-corrected chi connectivity index (χ2v) is 12.2. The van der Waals surface area contributed by atoms with Crippen LogP contribution in [0.1, 0.15) is 62.2 Å². The Labute approximate surface area is 179 Å². The maximum Gasteiger partial charge on any atom is 0.280 e. The number of nitrogens with one attached hydrogen (secondary N) is 2. The van der Waals surface area contributed by atoms with Crippen LogP contribution in [0.25, 0.3) is 0 Å². The zero-order chi connectivity index (χ0) is 21.3. The Balaban J connectivity index is 1.31. The number of amides is 1. The van der Waals surface area contributed by atoms with Gasteiger partial charge in [0.25, 0.3) is 10.2 Å². The molecule has 9 heteroatoms. The van der Waals surface area contributed by atoms with Gasteiger partial charge in [-0.1, -0.05) is 0 Å². The first-order chi connectivity index (χ1) is 14.1. The number of hydrogen-bond acceptors (Lipinski definition) is 4. The lowest BCUT2D eigenvalue weighted by Crippen LogP contribution is -2.58. The first-order valence-corrected chi connectivity index (χ1v) is 12.6. The van der Waals surface area contributed by atoms with E-state index < -0.39 is 22.3 Å². The Hall–Kier alpha value is -1.45. The number of carbonyl (C=O) groups excluding carboxylic acids is 1. The van der Waals surface area contributed by atoms with Crippen molar-refractivity contribution in [1.82, 2.24) is 24.1 Å². The van der Waals surface area contributed by atoms with E-state index in [1.165, 1.54) is 49.9 Å². The van der Waals surface area contributed by atoms with Crippen molar-refractivity contribution in [2.45, 2.75) is 64.0 Å². The van der Waals surface area contributed by atoms with E-state index in [0.717, 1.165) is 29.0 Å². The lowest BCUT2D eigenvalue weighted by atomic mass is 9.49. The largest absolute Gasteiger partial charge is 0.354 e. The molecule has 1 amide bonds. The van der Waals surface area contributed by atoms with Crippen LogP contribution in [0.2, 0.25) is 0 Å². The molecule has 1 aromatic heterocycles. The molecule has 6 rings (SSSR count). The molecule has 2 unspecified atom stereocenters. The molecule has 5 aliphatic rings. The molecule has 0 radical (unpaired) electrons. The lowest BCUT2D eigenvalue weighted by Gasteiger charge is -2.57. The van der Waals surface area contributed by atoms with Gasteiger partial charge in [-0.2, -0.15) is 22.5 Å². The standard InChI is InChI=1S/C21H33N5O3S/c1-13-17(11-25(2)23-13)18-7-19(26(3)30(28,29)24-18)20(27)22-12-21-8-14-4-15(9-21)6-16(5-14)10-21/h11,14-16,18-19,24H,4-10,12H2,1-3H3,(H,22,27). The average Bonchev–Trinajstić information content (AvgIpc) is 2.99. The van der Waals surface area contributed by atoms with E-state index in [1.807, 2.05) is 20.2 Å². The van der Waals surface area contributed by atoms with Crippen LogP contribution < -0.4 is 10.0 Å². The van der Waals surface area contributed by atoms with Crippen molar-refractivity contribution in [2.24, 2.45) is 30.2 Å². The van der Waals surface area contributed by atoms with Gasteiger partial charge in [-0.15, -0.1) is 0 Å². The summed E-state index contributed by atoms with van der Waals surface area (Å²) in [6.07, 6.45) is 10.00. The minimum atomic E-state index is -3.74. The van der Waals surface area contributed by atoms with Gasteiger partial charge in [-0.3, -0.25) is 9.48 Å². The summed E-state index contributed by atoms with van der Waals surface area (Å²) in [7, 11) is -0.433. The average molecular weight is 436 g/mol. The van der Waals surface area contributed by atoms with Crippen molar-refractivity contribution in [3.63, 3.8) is 0 Å². The highest BCUT2D eigenvalue weighted by molar-refractivity contribution is 7.87. The second kappa shape index (κ2) is 7.03. The quantitative estimate of drug-likeness (QED) is 0.751. The smallest absolute Gasteiger partial charge is 0.280 e. The SMILES string of the molecule is Cc1nn(C)cc1C1CC(C(=O)NCC23CC4CC(CC(C4)C2)C3)N(C)S(=O)(=O)N1. The van der Waals surface area contributed by atoms with Crippen molar-refractivity contribution in [2.75, 3.05) is 13.6 Å². The number of likely N-dealkylation sites (N-methyl/N-ethyl adjacent to an activating group) is 1. The predicted octanol–water partition coefficient (Wildman–Crippen LogP) is 1.64. The van der Waals surface area contributed by atoms with Gasteiger partial charge >= 0.3 is 0 Å². The fourth-order valence-electron chi connectivity index (χ4n) is 7.17. The Bertz CT molecular complexity index is 921. The molecule has 4 aliphatic carbocycles. The lowest BCUT2D eigenvalue weighted by molar-refractivity contribution is -0.127. The first-order valence-electron chi connectivity index (χ1n) is 11.2. The number of carbonyl (C=O) groups is 1. The molecule has 5 fully saturated rings. The molecule has 4 saturated carbocycles. The normalized spacial score (nSPS) is 39.9. The summed E-state index contributed by atoms with van der Waals surface area (Å²) >= 11 is 0. The van der Waals surface area contributed by atoms with E-state index in [2.05, 4.69) is 15.1 Å². The molecule has 2 atom stereocenters. The zero-order valence-electron chi connectivity index (χ0n) is 18.1. The number of hydrogen-bond donors (Lipinski definition) is 2. The van der Waals surface area contributed by atoms with Crippen LogP contribution in [0.4, 0.5) is 0 Å². The third-order valence-electron chi connectivity index (χ3n) is 8.10. The van der Waals surface area contributed by atoms with Gasteiger partial charge in [0.1, 0.15) is 6.04 Å². The van der Waals surface area contributed by atoms with E-state index in [0.29, 0.717) is 13.0 Å². The number of aryl methyl sites for hydroxylation is 2. The molecule has 0 aromatic carbocycles. The predicted molar refractivity (Wildman–Crippen MR) is 113 cm³/mol. The van der Waals surface area contributed by atoms with Gasteiger partial charge in [0.15, 0.2) is 0 Å². The molecule has 0 spiro atoms. The third kappa shape index (κ3) is 3.48. The van der Waals surface area contributed by atoms with Crippen LogP contribution in [-0.4, -0.2) is 48.0 Å². The van der Waals surface area contributed by atoms with Crippen LogP contribution in [-0.2, 0) is 22.1 Å². The summed E-state index contributed by atoms with van der Waals surface area (Å²) in [4.78, 5) is 13.2. The van der Waals surface area contributed by atoms with Gasteiger partial charge in [0, 0.05) is 32.4 Å². The van der Waals surface area contributed by atoms with Crippen LogP contribution in [0, 0.1) is 30.1 Å². The van der Waals surface area contributed by atoms with Gasteiger partial charge in [0.05, 0.1) is 11.7 Å². The van der Waals surface area contributed by atoms with Crippen LogP contribution in [0.3, 0.4) is 0 Å². The molecule has 2 N–H and O–H groups in total. The van der Waals surface area contributed by atoms with Crippen LogP contribution in [0.5, 0.6) is 0 Å². The van der Waals surface area contributed by atoms with E-state index in [9.17, 15) is 13.2 Å². The summed E-state index contributed by atoms with van der Waals surface area (Å²) in [5.74, 6) is 2.30. The van der Waals surface area contributed by atoms with Gasteiger partial charge < -0.3 is 5.32 Å². The Morgan fingerprint density at radius 1 is 1.17 bits per heavy atom. The van der Waals surface area contributed by atoms with Crippen molar-refractivity contribution in [3.05, 3.63) is 17.5 Å². The molecule has 1 saturated heterocycles. The van der Waals surface area contributed by atoms with Crippen molar-refractivity contribution < 1.29 is 13.2 Å². The molecule has 8 nitrogen and oxygen atoms in total. The fraction of sp³-hybridized carbons (Fsp3) is 0.810. The Kier molecular flexibility index (Phi) is 4.79. The van der Waals surface area contributed by atoms with Gasteiger partial charge in [-0.05, 0) is 75.0 Å². The summed E-state index contributed by atoms with van der Waals surface area (Å²) in [5, 5.41) is 7.51. The summed E-state index contributed by atoms with van der Waals surface area (Å²) < 4.78 is 31.0. The minimum absolute atomic E-state index is 0.176. The van der Waals surface area contributed by atoms with Crippen molar-refractivity contribution in [3.8, 4) is 0 Å². The van der Waals surface area contributed by atoms with E-state index in [-0.39, 0.29) is 11.3 Å². The molecular formula is C21H33N5O3S. The van der Waals surface area contributed by atoms with Crippen LogP contribution >= 0.6 is 0 Å². The maximum absolute atomic E-state index is 13.2. The highest BCUT2D eigenvalue weighted by Crippen LogP contribution is 2.59. The molecule has 1 aliphatic heterocycles. The molecule has 2 heterocycles. The van der Waals surface area contributed by atoms with E-state index >= 15 is 0 Å². The van der Waals surface area contributed by atoms with Crippen LogP contribution in [0.15, 0.2) is 6.20 Å². The molecule has 166 valence electrons. The Morgan fingerprint density at radius 3 is 2.30 bits per heavy atom. The molecule has 30 heavy (non-hydrogen) atoms. The highest BCUT2D eigenvalue weighted by Gasteiger charge is 2.51. The van der Waals surface area contributed by atoms with E-state index in [1.54, 1.807) is 4.68 Å². The summed E-state index contributed by atoms with van der Waals surface area (Å²) in [6.45, 7) is 2.55. The molecular weight excluding hydrogens is 402 g/mol. The van der Waals surface area contributed by atoms with E-state index in [4.69, 9.17) is 0 Å². The highest BCUT2D eigenvalue weighted by atomic mass is 32.2. The van der Waals surface area contributed by atoms with Gasteiger partial charge in [-0.25, -0.2) is 0 Å². The zero-order valence-corrected chi connectivity index (χ0v) is 18.9. The number of aromatic nitrogens is 2. The third-order valence-corrected chi connectivity index (χ3v) is 9.70. The monoisotopic (exact) mass is 435 g/mol. The molecule has 4 bridgehead atoms. The second-order valence-electron chi connectivity index (χ2n) is 10.4. The fourth-order valence-corrected chi connectivity index (χ4v) is 8.44. The summed E-state index contributed by atoms with van der Waals surface area (Å²) in [5.41, 5.74) is 1.84. The van der Waals surface area contributed by atoms with Crippen molar-refractivity contribution >= 4 is 16.1 Å². The van der Waals surface area contributed by atoms with Crippen molar-refractivity contribution in [1.29, 1.82) is 0 Å².